The summed E-state index contributed by atoms with van der Waals surface area (Å²) in [6.45, 7) is 0.692. The normalized spacial score (nSPS) is 24.7. The molecule has 0 radical (unpaired) electrons. The summed E-state index contributed by atoms with van der Waals surface area (Å²) >= 11 is 5.94. The van der Waals surface area contributed by atoms with Crippen molar-refractivity contribution in [3.05, 3.63) is 34.9 Å². The molecular weight excluding hydrogens is 316 g/mol. The van der Waals surface area contributed by atoms with Gasteiger partial charge in [0.05, 0.1) is 6.04 Å². The van der Waals surface area contributed by atoms with Crippen LogP contribution in [0.1, 0.15) is 24.4 Å². The molecule has 0 bridgehead atoms. The Morgan fingerprint density at radius 2 is 2.00 bits per heavy atom. The molecule has 0 N–H and O–H groups in total. The SMILES string of the molecule is CN(CC1CC1)C(=O)C1OCC(=O)N(C)C1c1ccc(Cl)cc1. The average Bonchev–Trinajstić information content (AvgIpc) is 3.34. The highest BCUT2D eigenvalue weighted by atomic mass is 35.5. The van der Waals surface area contributed by atoms with E-state index >= 15 is 0 Å². The fourth-order valence-corrected chi connectivity index (χ4v) is 3.10. The zero-order chi connectivity index (χ0) is 16.6. The van der Waals surface area contributed by atoms with Gasteiger partial charge >= 0.3 is 0 Å². The van der Waals surface area contributed by atoms with Gasteiger partial charge < -0.3 is 14.5 Å². The predicted molar refractivity (Wildman–Crippen MR) is 87.1 cm³/mol. The lowest BCUT2D eigenvalue weighted by Crippen LogP contribution is -2.53. The number of likely N-dealkylation sites (N-methyl/N-ethyl adjacent to an activating group) is 2. The molecule has 0 spiro atoms. The van der Waals surface area contributed by atoms with Crippen molar-refractivity contribution < 1.29 is 14.3 Å². The molecule has 2 fully saturated rings. The van der Waals surface area contributed by atoms with E-state index in [1.165, 1.54) is 12.8 Å². The zero-order valence-corrected chi connectivity index (χ0v) is 14.1. The van der Waals surface area contributed by atoms with Crippen molar-refractivity contribution in [1.82, 2.24) is 9.80 Å². The van der Waals surface area contributed by atoms with Crippen LogP contribution in [0.4, 0.5) is 0 Å². The van der Waals surface area contributed by atoms with E-state index in [4.69, 9.17) is 16.3 Å². The zero-order valence-electron chi connectivity index (χ0n) is 13.4. The number of nitrogens with zero attached hydrogens (tertiary/aromatic N) is 2. The summed E-state index contributed by atoms with van der Waals surface area (Å²) in [4.78, 5) is 28.2. The second kappa shape index (κ2) is 6.49. The highest BCUT2D eigenvalue weighted by molar-refractivity contribution is 6.30. The summed E-state index contributed by atoms with van der Waals surface area (Å²) in [7, 11) is 3.52. The van der Waals surface area contributed by atoms with Gasteiger partial charge in [0.2, 0.25) is 5.91 Å². The van der Waals surface area contributed by atoms with Crippen LogP contribution in [-0.2, 0) is 14.3 Å². The first-order valence-electron chi connectivity index (χ1n) is 7.85. The topological polar surface area (TPSA) is 49.9 Å². The van der Waals surface area contributed by atoms with Crippen molar-refractivity contribution >= 4 is 23.4 Å². The number of hydrogen-bond acceptors (Lipinski definition) is 3. The molecule has 1 aromatic rings. The Labute approximate surface area is 141 Å². The Balaban J connectivity index is 1.84. The van der Waals surface area contributed by atoms with Gasteiger partial charge in [-0.05, 0) is 36.5 Å². The number of hydrogen-bond donors (Lipinski definition) is 0. The van der Waals surface area contributed by atoms with E-state index < -0.39 is 12.1 Å². The van der Waals surface area contributed by atoms with Gasteiger partial charge in [-0.3, -0.25) is 9.59 Å². The minimum atomic E-state index is -0.678. The lowest BCUT2D eigenvalue weighted by atomic mass is 9.97. The van der Waals surface area contributed by atoms with Gasteiger partial charge in [-0.2, -0.15) is 0 Å². The Morgan fingerprint density at radius 1 is 1.35 bits per heavy atom. The van der Waals surface area contributed by atoms with Crippen molar-refractivity contribution in [2.45, 2.75) is 25.0 Å². The Kier molecular flexibility index (Phi) is 4.60. The standard InChI is InChI=1S/C17H21ClN2O3/c1-19(9-11-3-4-11)17(22)16-15(20(2)14(21)10-23-16)12-5-7-13(18)8-6-12/h5-8,11,15-16H,3-4,9-10H2,1-2H3. The van der Waals surface area contributed by atoms with Crippen LogP contribution in [0.25, 0.3) is 0 Å². The minimum Gasteiger partial charge on any atom is -0.356 e. The summed E-state index contributed by atoms with van der Waals surface area (Å²) in [5, 5.41) is 0.619. The Bertz CT molecular complexity index is 600. The monoisotopic (exact) mass is 336 g/mol. The number of rotatable bonds is 4. The van der Waals surface area contributed by atoms with E-state index in [-0.39, 0.29) is 18.4 Å². The maximum Gasteiger partial charge on any atom is 0.253 e. The summed E-state index contributed by atoms with van der Waals surface area (Å²) in [6.07, 6.45) is 1.69. The second-order valence-corrected chi connectivity index (χ2v) is 6.83. The molecule has 2 unspecified atom stereocenters. The quantitative estimate of drug-likeness (QED) is 0.846. The highest BCUT2D eigenvalue weighted by Gasteiger charge is 2.41. The van der Waals surface area contributed by atoms with E-state index in [2.05, 4.69) is 0 Å². The molecule has 2 atom stereocenters. The van der Waals surface area contributed by atoms with E-state index in [0.717, 1.165) is 12.1 Å². The molecule has 1 heterocycles. The number of ether oxygens (including phenoxy) is 1. The van der Waals surface area contributed by atoms with E-state index in [9.17, 15) is 9.59 Å². The van der Waals surface area contributed by atoms with Gasteiger partial charge in [0.25, 0.3) is 5.91 Å². The number of morpholine rings is 1. The number of carbonyl (C=O) groups excluding carboxylic acids is 2. The lowest BCUT2D eigenvalue weighted by Gasteiger charge is -2.39. The molecule has 1 aromatic carbocycles. The Morgan fingerprint density at radius 3 is 2.61 bits per heavy atom. The van der Waals surface area contributed by atoms with Gasteiger partial charge in [0.15, 0.2) is 6.10 Å². The van der Waals surface area contributed by atoms with Gasteiger partial charge in [0, 0.05) is 25.7 Å². The maximum absolute atomic E-state index is 12.8. The van der Waals surface area contributed by atoms with Crippen molar-refractivity contribution in [2.24, 2.45) is 5.92 Å². The average molecular weight is 337 g/mol. The van der Waals surface area contributed by atoms with Crippen LogP contribution in [0.15, 0.2) is 24.3 Å². The molecule has 0 aromatic heterocycles. The van der Waals surface area contributed by atoms with Gasteiger partial charge in [-0.1, -0.05) is 23.7 Å². The maximum atomic E-state index is 12.8. The number of halogens is 1. The molecule has 1 aliphatic carbocycles. The van der Waals surface area contributed by atoms with Crippen molar-refractivity contribution in [1.29, 1.82) is 0 Å². The van der Waals surface area contributed by atoms with Crippen molar-refractivity contribution in [2.75, 3.05) is 27.2 Å². The first-order valence-corrected chi connectivity index (χ1v) is 8.23. The van der Waals surface area contributed by atoms with Crippen LogP contribution in [0.5, 0.6) is 0 Å². The molecule has 1 saturated carbocycles. The predicted octanol–water partition coefficient (Wildman–Crippen LogP) is 2.11. The van der Waals surface area contributed by atoms with Crippen LogP contribution in [0, 0.1) is 5.92 Å². The molecule has 124 valence electrons. The van der Waals surface area contributed by atoms with Crippen LogP contribution >= 0.6 is 11.6 Å². The third-order valence-electron chi connectivity index (χ3n) is 4.54. The summed E-state index contributed by atoms with van der Waals surface area (Å²) in [5.74, 6) is 0.413. The summed E-state index contributed by atoms with van der Waals surface area (Å²) < 4.78 is 5.63. The first kappa shape index (κ1) is 16.3. The van der Waals surface area contributed by atoms with E-state index in [1.807, 2.05) is 12.1 Å². The van der Waals surface area contributed by atoms with Crippen LogP contribution < -0.4 is 0 Å². The third kappa shape index (κ3) is 3.51. The fraction of sp³-hybridized carbons (Fsp3) is 0.529. The smallest absolute Gasteiger partial charge is 0.253 e. The lowest BCUT2D eigenvalue weighted by molar-refractivity contribution is -0.166. The van der Waals surface area contributed by atoms with E-state index in [1.54, 1.807) is 36.0 Å². The molecule has 23 heavy (non-hydrogen) atoms. The van der Waals surface area contributed by atoms with Crippen molar-refractivity contribution in [3.63, 3.8) is 0 Å². The molecule has 5 nitrogen and oxygen atoms in total. The van der Waals surface area contributed by atoms with Crippen LogP contribution in [0.3, 0.4) is 0 Å². The first-order chi connectivity index (χ1) is 11.0. The van der Waals surface area contributed by atoms with Crippen LogP contribution in [0.2, 0.25) is 5.02 Å². The fourth-order valence-electron chi connectivity index (χ4n) is 2.97. The second-order valence-electron chi connectivity index (χ2n) is 6.39. The molecule has 6 heteroatoms. The number of amides is 2. The highest BCUT2D eigenvalue weighted by Crippen LogP contribution is 2.33. The van der Waals surface area contributed by atoms with Gasteiger partial charge in [-0.15, -0.1) is 0 Å². The minimum absolute atomic E-state index is 0.0612. The molecule has 3 rings (SSSR count). The van der Waals surface area contributed by atoms with Crippen LogP contribution in [-0.4, -0.2) is 55.0 Å². The molecule has 1 aliphatic heterocycles. The van der Waals surface area contributed by atoms with Gasteiger partial charge in [0.1, 0.15) is 6.61 Å². The molecular formula is C17H21ClN2O3. The molecule has 2 amide bonds. The van der Waals surface area contributed by atoms with Gasteiger partial charge in [-0.25, -0.2) is 0 Å². The number of benzene rings is 1. The molecule has 1 saturated heterocycles. The summed E-state index contributed by atoms with van der Waals surface area (Å²) in [5.41, 5.74) is 0.850. The third-order valence-corrected chi connectivity index (χ3v) is 4.80. The number of carbonyl (C=O) groups is 2. The van der Waals surface area contributed by atoms with Crippen molar-refractivity contribution in [3.8, 4) is 0 Å². The largest absolute Gasteiger partial charge is 0.356 e. The van der Waals surface area contributed by atoms with E-state index in [0.29, 0.717) is 10.9 Å². The Hall–Kier alpha value is -1.59. The summed E-state index contributed by atoms with van der Waals surface area (Å²) in [6, 6.07) is 6.78. The molecule has 2 aliphatic rings.